The quantitative estimate of drug-likeness (QED) is 0.345. The Morgan fingerprint density at radius 1 is 1.47 bits per heavy atom. The molecular formula is C11H12N2O6. The number of nitrogens with two attached hydrogens (primary N) is 1. The van der Waals surface area contributed by atoms with Crippen molar-refractivity contribution in [2.45, 2.75) is 19.6 Å². The number of nitrogens with zero attached hydrogens (tertiary/aromatic N) is 1. The summed E-state index contributed by atoms with van der Waals surface area (Å²) < 4.78 is 4.65. The molecule has 0 bridgehead atoms. The van der Waals surface area contributed by atoms with Gasteiger partial charge in [0.25, 0.3) is 11.4 Å². The molecule has 0 spiro atoms. The van der Waals surface area contributed by atoms with Crippen molar-refractivity contribution in [1.82, 2.24) is 0 Å². The summed E-state index contributed by atoms with van der Waals surface area (Å²) in [7, 11) is 0. The number of ether oxygens (including phenoxy) is 1. The van der Waals surface area contributed by atoms with E-state index >= 15 is 0 Å². The third-order valence-corrected chi connectivity index (χ3v) is 2.11. The van der Waals surface area contributed by atoms with E-state index in [9.17, 15) is 19.7 Å². The number of hydrogen-bond donors (Lipinski definition) is 1. The molecule has 1 rings (SSSR count). The second-order valence-electron chi connectivity index (χ2n) is 3.64. The van der Waals surface area contributed by atoms with Crippen molar-refractivity contribution in [3.05, 3.63) is 45.5 Å². The molecule has 1 unspecified atom stereocenters. The monoisotopic (exact) mass is 268 g/mol. The zero-order valence-corrected chi connectivity index (χ0v) is 10.1. The van der Waals surface area contributed by atoms with Gasteiger partial charge in [-0.1, -0.05) is 12.1 Å². The molecule has 0 saturated carbocycles. The molecule has 0 aromatic heterocycles. The van der Waals surface area contributed by atoms with Crippen molar-refractivity contribution in [1.29, 1.82) is 0 Å². The molecule has 8 heteroatoms. The molecule has 1 amide bonds. The van der Waals surface area contributed by atoms with Gasteiger partial charge in [-0.3, -0.25) is 14.4 Å². The molecule has 0 fully saturated rings. The van der Waals surface area contributed by atoms with Gasteiger partial charge >= 0.3 is 5.97 Å². The minimum Gasteiger partial charge on any atom is -0.435 e. The third kappa shape index (κ3) is 5.02. The first kappa shape index (κ1) is 14.4. The van der Waals surface area contributed by atoms with Gasteiger partial charge in [-0.25, -0.2) is 0 Å². The van der Waals surface area contributed by atoms with E-state index < -0.39 is 23.3 Å². The van der Waals surface area contributed by atoms with E-state index in [-0.39, 0.29) is 12.0 Å². The summed E-state index contributed by atoms with van der Waals surface area (Å²) in [5.41, 5.74) is 5.88. The van der Waals surface area contributed by atoms with Crippen molar-refractivity contribution in [3.8, 4) is 0 Å². The van der Waals surface area contributed by atoms with Crippen LogP contribution in [-0.4, -0.2) is 23.3 Å². The second-order valence-corrected chi connectivity index (χ2v) is 3.64. The molecule has 0 saturated heterocycles. The maximum absolute atomic E-state index is 11.0. The van der Waals surface area contributed by atoms with E-state index in [4.69, 9.17) is 5.73 Å². The largest absolute Gasteiger partial charge is 0.435 e. The van der Waals surface area contributed by atoms with E-state index in [0.717, 1.165) is 6.92 Å². The summed E-state index contributed by atoms with van der Waals surface area (Å²) in [5, 5.41) is 9.22. The standard InChI is InChI=1S/C11H12N2O6/c1-7(14)18-10(19-13(16)17)6-8-3-2-4-9(5-8)11(12)15/h2-5,10H,6H2,1H3,(H2,12,15). The Hall–Kier alpha value is -2.64. The van der Waals surface area contributed by atoms with Gasteiger partial charge in [-0.05, 0) is 17.7 Å². The van der Waals surface area contributed by atoms with Crippen LogP contribution < -0.4 is 5.73 Å². The van der Waals surface area contributed by atoms with Gasteiger partial charge in [0, 0.05) is 18.9 Å². The van der Waals surface area contributed by atoms with Crippen LogP contribution in [0.2, 0.25) is 0 Å². The van der Waals surface area contributed by atoms with Crippen LogP contribution in [0.3, 0.4) is 0 Å². The first-order chi connectivity index (χ1) is 8.88. The molecule has 102 valence electrons. The van der Waals surface area contributed by atoms with Crippen LogP contribution in [0.25, 0.3) is 0 Å². The molecular weight excluding hydrogens is 256 g/mol. The molecule has 0 aliphatic heterocycles. The molecule has 1 atom stereocenters. The Balaban J connectivity index is 2.82. The number of carbonyl (C=O) groups is 2. The summed E-state index contributed by atoms with van der Waals surface area (Å²) >= 11 is 0. The number of carbonyl (C=O) groups excluding carboxylic acids is 2. The molecule has 8 nitrogen and oxygen atoms in total. The smallest absolute Gasteiger partial charge is 0.304 e. The lowest BCUT2D eigenvalue weighted by Crippen LogP contribution is -2.25. The van der Waals surface area contributed by atoms with Crippen molar-refractivity contribution < 1.29 is 24.3 Å². The fourth-order valence-corrected chi connectivity index (χ4v) is 1.43. The minimum atomic E-state index is -1.37. The maximum Gasteiger partial charge on any atom is 0.304 e. The van der Waals surface area contributed by atoms with Crippen LogP contribution in [0.5, 0.6) is 0 Å². The molecule has 0 aliphatic rings. The Labute approximate surface area is 108 Å². The first-order valence-electron chi connectivity index (χ1n) is 5.25. The lowest BCUT2D eigenvalue weighted by Gasteiger charge is -2.14. The van der Waals surface area contributed by atoms with E-state index in [1.54, 1.807) is 12.1 Å². The van der Waals surface area contributed by atoms with Crippen LogP contribution in [0.1, 0.15) is 22.8 Å². The number of primary amides is 1. The highest BCUT2D eigenvalue weighted by Crippen LogP contribution is 2.10. The summed E-state index contributed by atoms with van der Waals surface area (Å²) in [6.07, 6.45) is -1.43. The molecule has 0 aliphatic carbocycles. The van der Waals surface area contributed by atoms with Gasteiger partial charge in [0.2, 0.25) is 5.91 Å². The van der Waals surface area contributed by atoms with Gasteiger partial charge in [0.1, 0.15) is 0 Å². The Morgan fingerprint density at radius 2 is 2.16 bits per heavy atom. The number of benzene rings is 1. The van der Waals surface area contributed by atoms with Gasteiger partial charge in [-0.2, -0.15) is 0 Å². The SMILES string of the molecule is CC(=O)OC(Cc1cccc(C(N)=O)c1)O[N+](=O)[O-]. The topological polar surface area (TPSA) is 122 Å². The molecule has 1 aromatic rings. The molecule has 19 heavy (non-hydrogen) atoms. The predicted molar refractivity (Wildman–Crippen MR) is 62.3 cm³/mol. The zero-order valence-electron chi connectivity index (χ0n) is 10.1. The number of rotatable bonds is 6. The van der Waals surface area contributed by atoms with Gasteiger partial charge < -0.3 is 10.5 Å². The van der Waals surface area contributed by atoms with E-state index in [0.29, 0.717) is 5.56 Å². The van der Waals surface area contributed by atoms with Crippen LogP contribution in [0.4, 0.5) is 0 Å². The van der Waals surface area contributed by atoms with E-state index in [2.05, 4.69) is 9.57 Å². The Kier molecular flexibility index (Phi) is 4.81. The highest BCUT2D eigenvalue weighted by atomic mass is 17.0. The lowest BCUT2D eigenvalue weighted by molar-refractivity contribution is -0.778. The first-order valence-corrected chi connectivity index (χ1v) is 5.25. The van der Waals surface area contributed by atoms with Gasteiger partial charge in [-0.15, -0.1) is 10.1 Å². The number of esters is 1. The molecule has 1 aromatic carbocycles. The normalized spacial score (nSPS) is 11.4. The minimum absolute atomic E-state index is 0.0678. The highest BCUT2D eigenvalue weighted by molar-refractivity contribution is 5.92. The van der Waals surface area contributed by atoms with E-state index in [1.165, 1.54) is 12.1 Å². The summed E-state index contributed by atoms with van der Waals surface area (Å²) in [6.45, 7) is 1.11. The Morgan fingerprint density at radius 3 is 2.68 bits per heavy atom. The average Bonchev–Trinajstić information content (AvgIpc) is 2.27. The lowest BCUT2D eigenvalue weighted by atomic mass is 10.1. The van der Waals surface area contributed by atoms with Gasteiger partial charge in [0.15, 0.2) is 0 Å². The molecule has 0 radical (unpaired) electrons. The fourth-order valence-electron chi connectivity index (χ4n) is 1.43. The van der Waals surface area contributed by atoms with Crippen molar-refractivity contribution in [2.75, 3.05) is 0 Å². The molecule has 2 N–H and O–H groups in total. The Bertz CT molecular complexity index is 486. The summed E-state index contributed by atoms with van der Waals surface area (Å²) in [4.78, 5) is 36.3. The third-order valence-electron chi connectivity index (χ3n) is 2.11. The van der Waals surface area contributed by atoms with Crippen LogP contribution >= 0.6 is 0 Å². The highest BCUT2D eigenvalue weighted by Gasteiger charge is 2.17. The fraction of sp³-hybridized carbons (Fsp3) is 0.273. The molecule has 0 heterocycles. The van der Waals surface area contributed by atoms with Crippen molar-refractivity contribution >= 4 is 11.9 Å². The van der Waals surface area contributed by atoms with Crippen molar-refractivity contribution in [2.24, 2.45) is 5.73 Å². The maximum atomic E-state index is 11.0. The van der Waals surface area contributed by atoms with E-state index in [1.807, 2.05) is 0 Å². The van der Waals surface area contributed by atoms with Crippen LogP contribution in [0.15, 0.2) is 24.3 Å². The van der Waals surface area contributed by atoms with Crippen molar-refractivity contribution in [3.63, 3.8) is 0 Å². The van der Waals surface area contributed by atoms with Crippen LogP contribution in [-0.2, 0) is 20.8 Å². The number of amides is 1. The predicted octanol–water partition coefficient (Wildman–Crippen LogP) is 0.426. The summed E-state index contributed by atoms with van der Waals surface area (Å²) in [6, 6.07) is 6.11. The average molecular weight is 268 g/mol. The summed E-state index contributed by atoms with van der Waals surface area (Å²) in [5.74, 6) is -1.33. The zero-order chi connectivity index (χ0) is 14.4. The van der Waals surface area contributed by atoms with Crippen LogP contribution in [0, 0.1) is 10.1 Å². The van der Waals surface area contributed by atoms with Gasteiger partial charge in [0.05, 0.1) is 0 Å². The second kappa shape index (κ2) is 6.34. The number of hydrogen-bond acceptors (Lipinski definition) is 6.